The molecular weight excluding hydrogens is 290 g/mol. The van der Waals surface area contributed by atoms with Crippen molar-refractivity contribution in [2.75, 3.05) is 19.7 Å². The summed E-state index contributed by atoms with van der Waals surface area (Å²) in [5, 5.41) is 9.31. The van der Waals surface area contributed by atoms with Crippen molar-refractivity contribution >= 4 is 10.0 Å². The zero-order valence-corrected chi connectivity index (χ0v) is 13.4. The van der Waals surface area contributed by atoms with E-state index in [0.717, 1.165) is 12.8 Å². The summed E-state index contributed by atoms with van der Waals surface area (Å²) in [4.78, 5) is 0.272. The third-order valence-corrected chi connectivity index (χ3v) is 6.05. The first-order valence-electron chi connectivity index (χ1n) is 7.31. The molecule has 0 bridgehead atoms. The third-order valence-electron chi connectivity index (χ3n) is 3.97. The number of rotatable bonds is 6. The van der Waals surface area contributed by atoms with Crippen LogP contribution in [0.5, 0.6) is 0 Å². The van der Waals surface area contributed by atoms with Gasteiger partial charge in [0.2, 0.25) is 10.0 Å². The third kappa shape index (κ3) is 3.45. The van der Waals surface area contributed by atoms with Gasteiger partial charge in [0.1, 0.15) is 0 Å². The number of ether oxygens (including phenoxy) is 1. The zero-order valence-electron chi connectivity index (χ0n) is 12.6. The van der Waals surface area contributed by atoms with Gasteiger partial charge in [0.15, 0.2) is 0 Å². The van der Waals surface area contributed by atoms with E-state index in [1.807, 2.05) is 6.92 Å². The van der Waals surface area contributed by atoms with E-state index in [4.69, 9.17) is 4.74 Å². The van der Waals surface area contributed by atoms with E-state index < -0.39 is 10.0 Å². The lowest BCUT2D eigenvalue weighted by molar-refractivity contribution is 0.0946. The minimum absolute atomic E-state index is 0.0129. The molecular formula is C15H23NO4S. The zero-order chi connectivity index (χ0) is 15.5. The Hall–Kier alpha value is -0.950. The van der Waals surface area contributed by atoms with E-state index in [-0.39, 0.29) is 17.6 Å². The smallest absolute Gasteiger partial charge is 0.243 e. The van der Waals surface area contributed by atoms with Crippen LogP contribution in [0.1, 0.15) is 30.9 Å². The van der Waals surface area contributed by atoms with Crippen LogP contribution >= 0.6 is 0 Å². The lowest BCUT2D eigenvalue weighted by Gasteiger charge is -2.24. The molecule has 6 heteroatoms. The average Bonchev–Trinajstić information content (AvgIpc) is 2.97. The van der Waals surface area contributed by atoms with Gasteiger partial charge in [0.05, 0.1) is 17.6 Å². The Morgan fingerprint density at radius 1 is 1.43 bits per heavy atom. The maximum atomic E-state index is 12.8. The Morgan fingerprint density at radius 2 is 2.19 bits per heavy atom. The lowest BCUT2D eigenvalue weighted by Crippen LogP contribution is -2.37. The van der Waals surface area contributed by atoms with Crippen LogP contribution < -0.4 is 0 Å². The van der Waals surface area contributed by atoms with Crippen LogP contribution in [-0.2, 0) is 21.4 Å². The van der Waals surface area contributed by atoms with Gasteiger partial charge < -0.3 is 9.84 Å². The van der Waals surface area contributed by atoms with E-state index in [1.165, 1.54) is 4.31 Å². The number of hydrogen-bond acceptors (Lipinski definition) is 4. The van der Waals surface area contributed by atoms with Gasteiger partial charge in [-0.1, -0.05) is 19.1 Å². The molecule has 0 aromatic heterocycles. The molecule has 0 radical (unpaired) electrons. The molecule has 5 nitrogen and oxygen atoms in total. The maximum absolute atomic E-state index is 12.8. The fraction of sp³-hybridized carbons (Fsp3) is 0.600. The first kappa shape index (κ1) is 16.4. The quantitative estimate of drug-likeness (QED) is 0.867. The van der Waals surface area contributed by atoms with E-state index in [0.29, 0.717) is 30.8 Å². The number of benzene rings is 1. The van der Waals surface area contributed by atoms with Gasteiger partial charge in [-0.3, -0.25) is 0 Å². The molecule has 1 N–H and O–H groups in total. The molecule has 1 fully saturated rings. The van der Waals surface area contributed by atoms with Crippen molar-refractivity contribution in [1.82, 2.24) is 4.31 Å². The minimum Gasteiger partial charge on any atom is -0.392 e. The second-order valence-corrected chi connectivity index (χ2v) is 7.20. The van der Waals surface area contributed by atoms with E-state index in [2.05, 4.69) is 0 Å². The molecule has 0 saturated carbocycles. The minimum atomic E-state index is -3.56. The molecule has 1 unspecified atom stereocenters. The molecule has 2 rings (SSSR count). The number of aliphatic hydroxyl groups excluding tert-OH is 1. The fourth-order valence-electron chi connectivity index (χ4n) is 2.66. The summed E-state index contributed by atoms with van der Waals surface area (Å²) in [6, 6.07) is 5.01. The largest absolute Gasteiger partial charge is 0.392 e. The van der Waals surface area contributed by atoms with Gasteiger partial charge >= 0.3 is 0 Å². The van der Waals surface area contributed by atoms with Crippen LogP contribution in [0.3, 0.4) is 0 Å². The molecule has 0 amide bonds. The Morgan fingerprint density at radius 3 is 2.76 bits per heavy atom. The first-order valence-corrected chi connectivity index (χ1v) is 8.75. The van der Waals surface area contributed by atoms with Gasteiger partial charge in [-0.05, 0) is 37.0 Å². The summed E-state index contributed by atoms with van der Waals surface area (Å²) in [5.74, 6) is 0. The number of hydrogen-bond donors (Lipinski definition) is 1. The Labute approximate surface area is 126 Å². The van der Waals surface area contributed by atoms with Crippen molar-refractivity contribution in [3.8, 4) is 0 Å². The van der Waals surface area contributed by atoms with E-state index in [9.17, 15) is 13.5 Å². The number of aliphatic hydroxyl groups is 1. The molecule has 1 aliphatic heterocycles. The van der Waals surface area contributed by atoms with Crippen molar-refractivity contribution in [2.45, 2.75) is 44.3 Å². The second-order valence-electron chi connectivity index (χ2n) is 5.29. The SMILES string of the molecule is CCN(CC1CCCO1)S(=O)(=O)c1cccc(CO)c1C. The van der Waals surface area contributed by atoms with Crippen molar-refractivity contribution in [1.29, 1.82) is 0 Å². The summed E-state index contributed by atoms with van der Waals surface area (Å²) in [6.45, 7) is 4.91. The highest BCUT2D eigenvalue weighted by Crippen LogP contribution is 2.24. The lowest BCUT2D eigenvalue weighted by atomic mass is 10.1. The number of nitrogens with zero attached hydrogens (tertiary/aromatic N) is 1. The van der Waals surface area contributed by atoms with Crippen LogP contribution in [0.2, 0.25) is 0 Å². The summed E-state index contributed by atoms with van der Waals surface area (Å²) in [7, 11) is -3.56. The number of likely N-dealkylation sites (N-methyl/N-ethyl adjacent to an activating group) is 1. The standard InChI is InChI=1S/C15H23NO4S/c1-3-16(10-14-7-5-9-20-14)21(18,19)15-8-4-6-13(11-17)12(15)2/h4,6,8,14,17H,3,5,7,9-11H2,1-2H3. The van der Waals surface area contributed by atoms with Crippen molar-refractivity contribution in [3.63, 3.8) is 0 Å². The highest BCUT2D eigenvalue weighted by molar-refractivity contribution is 7.89. The molecule has 1 saturated heterocycles. The first-order chi connectivity index (χ1) is 10.0. The van der Waals surface area contributed by atoms with Crippen molar-refractivity contribution < 1.29 is 18.3 Å². The molecule has 118 valence electrons. The molecule has 0 spiro atoms. The molecule has 1 aromatic carbocycles. The average molecular weight is 313 g/mol. The van der Waals surface area contributed by atoms with Crippen LogP contribution in [0.25, 0.3) is 0 Å². The van der Waals surface area contributed by atoms with Gasteiger partial charge in [0, 0.05) is 19.7 Å². The van der Waals surface area contributed by atoms with Gasteiger partial charge in [-0.15, -0.1) is 0 Å². The summed E-state index contributed by atoms with van der Waals surface area (Å²) in [5.41, 5.74) is 1.26. The molecule has 1 aliphatic rings. The second kappa shape index (κ2) is 6.87. The summed E-state index contributed by atoms with van der Waals surface area (Å²) >= 11 is 0. The summed E-state index contributed by atoms with van der Waals surface area (Å²) < 4.78 is 32.7. The van der Waals surface area contributed by atoms with Crippen LogP contribution in [0, 0.1) is 6.92 Å². The topological polar surface area (TPSA) is 66.8 Å². The molecule has 21 heavy (non-hydrogen) atoms. The highest BCUT2D eigenvalue weighted by Gasteiger charge is 2.29. The normalized spacial score (nSPS) is 19.3. The van der Waals surface area contributed by atoms with Crippen LogP contribution in [0.4, 0.5) is 0 Å². The Balaban J connectivity index is 2.30. The Bertz CT molecular complexity index is 579. The highest BCUT2D eigenvalue weighted by atomic mass is 32.2. The van der Waals surface area contributed by atoms with E-state index >= 15 is 0 Å². The van der Waals surface area contributed by atoms with Gasteiger partial charge in [-0.25, -0.2) is 8.42 Å². The maximum Gasteiger partial charge on any atom is 0.243 e. The van der Waals surface area contributed by atoms with Gasteiger partial charge in [0.25, 0.3) is 0 Å². The molecule has 0 aliphatic carbocycles. The summed E-state index contributed by atoms with van der Waals surface area (Å²) in [6.07, 6.45) is 1.88. The molecule has 1 atom stereocenters. The fourth-order valence-corrected chi connectivity index (χ4v) is 4.41. The van der Waals surface area contributed by atoms with E-state index in [1.54, 1.807) is 25.1 Å². The Kier molecular flexibility index (Phi) is 5.37. The monoisotopic (exact) mass is 313 g/mol. The molecule has 1 heterocycles. The van der Waals surface area contributed by atoms with Gasteiger partial charge in [-0.2, -0.15) is 4.31 Å². The van der Waals surface area contributed by atoms with Crippen LogP contribution in [-0.4, -0.2) is 43.6 Å². The van der Waals surface area contributed by atoms with Crippen molar-refractivity contribution in [2.24, 2.45) is 0 Å². The molecule has 1 aromatic rings. The predicted molar refractivity (Wildman–Crippen MR) is 80.5 cm³/mol. The van der Waals surface area contributed by atoms with Crippen LogP contribution in [0.15, 0.2) is 23.1 Å². The number of sulfonamides is 1. The predicted octanol–water partition coefficient (Wildman–Crippen LogP) is 1.68. The van der Waals surface area contributed by atoms with Crippen molar-refractivity contribution in [3.05, 3.63) is 29.3 Å².